The lowest BCUT2D eigenvalue weighted by Crippen LogP contribution is -2.36. The molecule has 0 saturated carbocycles. The van der Waals surface area contributed by atoms with Crippen LogP contribution in [0.5, 0.6) is 11.5 Å². The molecule has 0 atom stereocenters. The van der Waals surface area contributed by atoms with E-state index in [0.717, 1.165) is 28.9 Å². The molecule has 4 nitrogen and oxygen atoms in total. The third-order valence-electron chi connectivity index (χ3n) is 2.93. The summed E-state index contributed by atoms with van der Waals surface area (Å²) in [5.74, 6) is 1.43. The van der Waals surface area contributed by atoms with Gasteiger partial charge in [-0.25, -0.2) is 0 Å². The molecule has 0 aromatic heterocycles. The number of benzene rings is 1. The van der Waals surface area contributed by atoms with Crippen LogP contribution < -0.4 is 14.8 Å². The van der Waals surface area contributed by atoms with E-state index >= 15 is 0 Å². The molecule has 0 spiro atoms. The quantitative estimate of drug-likeness (QED) is 0.833. The molecule has 1 rings (SSSR count). The fourth-order valence-electron chi connectivity index (χ4n) is 1.65. The number of ether oxygens (including phenoxy) is 3. The normalized spacial score (nSPS) is 11.5. The summed E-state index contributed by atoms with van der Waals surface area (Å²) in [6.07, 6.45) is 0. The second kappa shape index (κ2) is 7.12. The highest BCUT2D eigenvalue weighted by atomic mass is 79.9. The Kier molecular flexibility index (Phi) is 6.10. The van der Waals surface area contributed by atoms with Crippen LogP contribution in [0, 0.1) is 0 Å². The van der Waals surface area contributed by atoms with Crippen molar-refractivity contribution in [2.45, 2.75) is 26.0 Å². The zero-order chi connectivity index (χ0) is 14.5. The maximum absolute atomic E-state index is 5.36. The van der Waals surface area contributed by atoms with Crippen LogP contribution >= 0.6 is 15.9 Å². The number of methoxy groups -OCH3 is 3. The summed E-state index contributed by atoms with van der Waals surface area (Å²) in [6, 6.07) is 3.99. The van der Waals surface area contributed by atoms with Gasteiger partial charge in [0.25, 0.3) is 0 Å². The summed E-state index contributed by atoms with van der Waals surface area (Å²) in [5, 5.41) is 3.37. The van der Waals surface area contributed by atoms with Gasteiger partial charge in [0, 0.05) is 20.2 Å². The molecule has 0 unspecified atom stereocenters. The van der Waals surface area contributed by atoms with Gasteiger partial charge in [-0.1, -0.05) is 0 Å². The minimum absolute atomic E-state index is 0.173. The molecule has 0 amide bonds. The van der Waals surface area contributed by atoms with Crippen molar-refractivity contribution in [1.29, 1.82) is 0 Å². The highest BCUT2D eigenvalue weighted by Crippen LogP contribution is 2.36. The molecule has 0 fully saturated rings. The molecule has 5 heteroatoms. The van der Waals surface area contributed by atoms with Crippen molar-refractivity contribution < 1.29 is 14.2 Å². The lowest BCUT2D eigenvalue weighted by molar-refractivity contribution is 0.0230. The van der Waals surface area contributed by atoms with Gasteiger partial charge < -0.3 is 19.5 Å². The lowest BCUT2D eigenvalue weighted by Gasteiger charge is -2.23. The second-order valence-electron chi connectivity index (χ2n) is 4.88. The molecule has 0 aliphatic carbocycles. The summed E-state index contributed by atoms with van der Waals surface area (Å²) in [6.45, 7) is 5.61. The smallest absolute Gasteiger partial charge is 0.174 e. The molecule has 1 aromatic rings. The Morgan fingerprint density at radius 3 is 2.37 bits per heavy atom. The Balaban J connectivity index is 2.72. The van der Waals surface area contributed by atoms with E-state index in [1.165, 1.54) is 0 Å². The Morgan fingerprint density at radius 1 is 1.16 bits per heavy atom. The van der Waals surface area contributed by atoms with Gasteiger partial charge >= 0.3 is 0 Å². The van der Waals surface area contributed by atoms with Gasteiger partial charge in [-0.3, -0.25) is 0 Å². The van der Waals surface area contributed by atoms with E-state index in [1.54, 1.807) is 21.3 Å². The van der Waals surface area contributed by atoms with Crippen LogP contribution in [-0.2, 0) is 11.3 Å². The minimum Gasteiger partial charge on any atom is -0.493 e. The van der Waals surface area contributed by atoms with Gasteiger partial charge in [-0.05, 0) is 47.5 Å². The van der Waals surface area contributed by atoms with Crippen LogP contribution in [0.25, 0.3) is 0 Å². The summed E-state index contributed by atoms with van der Waals surface area (Å²) < 4.78 is 16.9. The standard InChI is InChI=1S/C14H22BrNO3/c1-14(2,19-5)9-16-8-10-6-11(15)13(18-4)12(7-10)17-3/h6-7,16H,8-9H2,1-5H3. The molecular weight excluding hydrogens is 310 g/mol. The molecular formula is C14H22BrNO3. The molecule has 1 N–H and O–H groups in total. The van der Waals surface area contributed by atoms with Gasteiger partial charge in [0.1, 0.15) is 0 Å². The fraction of sp³-hybridized carbons (Fsp3) is 0.571. The summed E-state index contributed by atoms with van der Waals surface area (Å²) >= 11 is 3.49. The van der Waals surface area contributed by atoms with Gasteiger partial charge in [0.05, 0.1) is 24.3 Å². The van der Waals surface area contributed by atoms with Crippen LogP contribution in [0.2, 0.25) is 0 Å². The number of rotatable bonds is 7. The zero-order valence-corrected chi connectivity index (χ0v) is 13.8. The topological polar surface area (TPSA) is 39.7 Å². The molecule has 19 heavy (non-hydrogen) atoms. The summed E-state index contributed by atoms with van der Waals surface area (Å²) in [7, 11) is 4.98. The maximum atomic E-state index is 5.36. The van der Waals surface area contributed by atoms with Crippen LogP contribution in [0.4, 0.5) is 0 Å². The molecule has 108 valence electrons. The predicted octanol–water partition coefficient (Wildman–Crippen LogP) is 2.98. The minimum atomic E-state index is -0.173. The lowest BCUT2D eigenvalue weighted by atomic mass is 10.1. The second-order valence-corrected chi connectivity index (χ2v) is 5.73. The van der Waals surface area contributed by atoms with Crippen molar-refractivity contribution in [2.75, 3.05) is 27.9 Å². The molecule has 0 radical (unpaired) electrons. The van der Waals surface area contributed by atoms with Crippen molar-refractivity contribution in [3.8, 4) is 11.5 Å². The number of hydrogen-bond donors (Lipinski definition) is 1. The first kappa shape index (κ1) is 16.3. The van der Waals surface area contributed by atoms with Crippen molar-refractivity contribution in [2.24, 2.45) is 0 Å². The highest BCUT2D eigenvalue weighted by molar-refractivity contribution is 9.10. The van der Waals surface area contributed by atoms with Gasteiger partial charge in [-0.15, -0.1) is 0 Å². The maximum Gasteiger partial charge on any atom is 0.174 e. The molecule has 0 bridgehead atoms. The van der Waals surface area contributed by atoms with Crippen LogP contribution in [0.3, 0.4) is 0 Å². The van der Waals surface area contributed by atoms with Crippen molar-refractivity contribution in [1.82, 2.24) is 5.32 Å². The Labute approximate surface area is 123 Å². The van der Waals surface area contributed by atoms with Crippen LogP contribution in [-0.4, -0.2) is 33.5 Å². The first-order valence-corrected chi connectivity index (χ1v) is 6.89. The third-order valence-corrected chi connectivity index (χ3v) is 3.51. The Bertz CT molecular complexity index is 421. The summed E-state index contributed by atoms with van der Waals surface area (Å²) in [5.41, 5.74) is 0.949. The van der Waals surface area contributed by atoms with E-state index in [2.05, 4.69) is 21.2 Å². The van der Waals surface area contributed by atoms with E-state index in [4.69, 9.17) is 14.2 Å². The molecule has 0 heterocycles. The monoisotopic (exact) mass is 331 g/mol. The molecule has 1 aromatic carbocycles. The van der Waals surface area contributed by atoms with Crippen molar-refractivity contribution in [3.63, 3.8) is 0 Å². The molecule has 0 aliphatic rings. The number of halogens is 1. The Hall–Kier alpha value is -0.780. The van der Waals surface area contributed by atoms with E-state index in [1.807, 2.05) is 26.0 Å². The first-order valence-electron chi connectivity index (χ1n) is 6.10. The average Bonchev–Trinajstić information content (AvgIpc) is 2.37. The summed E-state index contributed by atoms with van der Waals surface area (Å²) in [4.78, 5) is 0. The molecule has 0 aliphatic heterocycles. The Morgan fingerprint density at radius 2 is 1.84 bits per heavy atom. The predicted molar refractivity (Wildman–Crippen MR) is 80.0 cm³/mol. The van der Waals surface area contributed by atoms with E-state index in [9.17, 15) is 0 Å². The largest absolute Gasteiger partial charge is 0.493 e. The van der Waals surface area contributed by atoms with E-state index < -0.39 is 0 Å². The van der Waals surface area contributed by atoms with E-state index in [0.29, 0.717) is 5.75 Å². The van der Waals surface area contributed by atoms with Crippen LogP contribution in [0.1, 0.15) is 19.4 Å². The molecule has 0 saturated heterocycles. The first-order chi connectivity index (χ1) is 8.93. The van der Waals surface area contributed by atoms with Crippen molar-refractivity contribution in [3.05, 3.63) is 22.2 Å². The average molecular weight is 332 g/mol. The van der Waals surface area contributed by atoms with Gasteiger partial charge in [-0.2, -0.15) is 0 Å². The van der Waals surface area contributed by atoms with Gasteiger partial charge in [0.2, 0.25) is 0 Å². The third kappa shape index (κ3) is 4.67. The fourth-order valence-corrected chi connectivity index (χ4v) is 2.30. The van der Waals surface area contributed by atoms with Crippen molar-refractivity contribution >= 4 is 15.9 Å². The van der Waals surface area contributed by atoms with Crippen LogP contribution in [0.15, 0.2) is 16.6 Å². The number of nitrogens with one attached hydrogen (secondary N) is 1. The van der Waals surface area contributed by atoms with Gasteiger partial charge in [0.15, 0.2) is 11.5 Å². The highest BCUT2D eigenvalue weighted by Gasteiger charge is 2.16. The zero-order valence-electron chi connectivity index (χ0n) is 12.2. The number of hydrogen-bond acceptors (Lipinski definition) is 4. The SMILES string of the molecule is COc1cc(CNCC(C)(C)OC)cc(Br)c1OC. The van der Waals surface area contributed by atoms with E-state index in [-0.39, 0.29) is 5.60 Å².